The average Bonchev–Trinajstić information content (AvgIpc) is 3.28. The minimum atomic E-state index is -3.97. The average molecular weight is 543 g/mol. The second-order valence-electron chi connectivity index (χ2n) is 8.35. The monoisotopic (exact) mass is 542 g/mol. The zero-order valence-electron chi connectivity index (χ0n) is 20.8. The Morgan fingerprint density at radius 2 is 1.57 bits per heavy atom. The Morgan fingerprint density at radius 1 is 0.946 bits per heavy atom. The smallest absolute Gasteiger partial charge is 0.243 e. The van der Waals surface area contributed by atoms with Gasteiger partial charge in [-0.2, -0.15) is 0 Å². The molecule has 2 atom stereocenters. The maximum atomic E-state index is 13.5. The van der Waals surface area contributed by atoms with Crippen LogP contribution < -0.4 is 14.2 Å². The van der Waals surface area contributed by atoms with Crippen molar-refractivity contribution in [3.8, 4) is 17.2 Å². The van der Waals surface area contributed by atoms with Crippen LogP contribution in [0.25, 0.3) is 5.69 Å². The summed E-state index contributed by atoms with van der Waals surface area (Å²) in [6.07, 6.45) is 3.27. The molecule has 0 saturated carbocycles. The van der Waals surface area contributed by atoms with E-state index in [1.165, 1.54) is 26.6 Å². The number of sulfonamides is 1. The molecule has 0 aliphatic heterocycles. The Hall–Kier alpha value is -3.70. The van der Waals surface area contributed by atoms with E-state index in [1.807, 2.05) is 30.3 Å². The number of methoxy groups -OCH3 is 2. The summed E-state index contributed by atoms with van der Waals surface area (Å²) in [7, 11) is -0.914. The van der Waals surface area contributed by atoms with E-state index in [0.717, 1.165) is 5.56 Å². The molecular formula is C25H27ClN6O4S. The van der Waals surface area contributed by atoms with Gasteiger partial charge in [0.1, 0.15) is 28.8 Å². The van der Waals surface area contributed by atoms with Gasteiger partial charge in [0.2, 0.25) is 16.0 Å². The van der Waals surface area contributed by atoms with Crippen LogP contribution in [0.5, 0.6) is 11.5 Å². The molecule has 12 heteroatoms. The highest BCUT2D eigenvalue weighted by molar-refractivity contribution is 7.93. The number of hydrogen-bond acceptors (Lipinski definition) is 8. The number of aromatic nitrogens is 5. The fraction of sp³-hybridized carbons (Fsp3) is 0.280. The molecule has 2 aromatic carbocycles. The summed E-state index contributed by atoms with van der Waals surface area (Å²) in [4.78, 5) is 8.36. The SMILES string of the molecule is COc1cccc(OC)c1-n1c(Cc2ccccc2)nnc1NS(=O)(=O)C(C)C(C)c1ncc(Cl)cn1. The lowest BCUT2D eigenvalue weighted by Gasteiger charge is -2.21. The first-order valence-electron chi connectivity index (χ1n) is 11.4. The zero-order valence-corrected chi connectivity index (χ0v) is 22.4. The second kappa shape index (κ2) is 11.1. The number of para-hydroxylation sites is 1. The summed E-state index contributed by atoms with van der Waals surface area (Å²) in [5, 5.41) is 8.01. The molecule has 0 aliphatic carbocycles. The summed E-state index contributed by atoms with van der Waals surface area (Å²) in [6.45, 7) is 3.32. The molecule has 0 amide bonds. The molecule has 4 aromatic rings. The van der Waals surface area contributed by atoms with Gasteiger partial charge in [0, 0.05) is 24.7 Å². The molecule has 37 heavy (non-hydrogen) atoms. The molecule has 2 unspecified atom stereocenters. The van der Waals surface area contributed by atoms with E-state index in [2.05, 4.69) is 24.9 Å². The topological polar surface area (TPSA) is 121 Å². The molecule has 0 saturated heterocycles. The fourth-order valence-corrected chi connectivity index (χ4v) is 5.15. The lowest BCUT2D eigenvalue weighted by Crippen LogP contribution is -2.31. The van der Waals surface area contributed by atoms with Crippen LogP contribution in [0.3, 0.4) is 0 Å². The summed E-state index contributed by atoms with van der Waals surface area (Å²) >= 11 is 5.88. The van der Waals surface area contributed by atoms with Crippen molar-refractivity contribution in [1.29, 1.82) is 0 Å². The molecule has 10 nitrogen and oxygen atoms in total. The number of anilines is 1. The van der Waals surface area contributed by atoms with E-state index in [9.17, 15) is 8.42 Å². The molecule has 0 aliphatic rings. The van der Waals surface area contributed by atoms with E-state index >= 15 is 0 Å². The van der Waals surface area contributed by atoms with Crippen molar-refractivity contribution in [2.24, 2.45) is 0 Å². The largest absolute Gasteiger partial charge is 0.494 e. The number of halogens is 1. The Balaban J connectivity index is 1.77. The lowest BCUT2D eigenvalue weighted by molar-refractivity contribution is 0.391. The highest BCUT2D eigenvalue weighted by Gasteiger charge is 2.32. The van der Waals surface area contributed by atoms with Crippen molar-refractivity contribution in [3.63, 3.8) is 0 Å². The van der Waals surface area contributed by atoms with Crippen LogP contribution in [0.1, 0.15) is 37.0 Å². The van der Waals surface area contributed by atoms with E-state index < -0.39 is 21.2 Å². The summed E-state index contributed by atoms with van der Waals surface area (Å²) in [6, 6.07) is 15.0. The Kier molecular flexibility index (Phi) is 7.94. The Morgan fingerprint density at radius 3 is 2.16 bits per heavy atom. The molecule has 2 heterocycles. The van der Waals surface area contributed by atoms with Gasteiger partial charge in [-0.05, 0) is 24.6 Å². The molecule has 1 N–H and O–H groups in total. The molecule has 0 bridgehead atoms. The number of rotatable bonds is 10. The van der Waals surface area contributed by atoms with E-state index in [-0.39, 0.29) is 5.95 Å². The minimum Gasteiger partial charge on any atom is -0.494 e. The third-order valence-electron chi connectivity index (χ3n) is 6.04. The van der Waals surface area contributed by atoms with Crippen molar-refractivity contribution in [1.82, 2.24) is 24.7 Å². The van der Waals surface area contributed by atoms with Crippen molar-refractivity contribution < 1.29 is 17.9 Å². The quantitative estimate of drug-likeness (QED) is 0.315. The molecule has 194 valence electrons. The lowest BCUT2D eigenvalue weighted by atomic mass is 10.1. The predicted molar refractivity (Wildman–Crippen MR) is 141 cm³/mol. The standard InChI is InChI=1S/C25H27ClN6O4S/c1-16(24-27-14-19(26)15-28-24)17(2)37(33,34)31-25-30-29-22(13-18-9-6-5-7-10-18)32(25)23-20(35-3)11-8-12-21(23)36-4/h5-12,14-17H,13H2,1-4H3,(H,30,31). The van der Waals surface area contributed by atoms with Gasteiger partial charge in [0.05, 0.1) is 24.5 Å². The van der Waals surface area contributed by atoms with E-state index in [1.54, 1.807) is 36.6 Å². The molecular weight excluding hydrogens is 516 g/mol. The normalized spacial score (nSPS) is 13.1. The number of nitrogens with one attached hydrogen (secondary N) is 1. The number of nitrogens with zero attached hydrogens (tertiary/aromatic N) is 5. The minimum absolute atomic E-state index is 0.00445. The Labute approximate surface area is 220 Å². The molecule has 4 rings (SSSR count). The summed E-state index contributed by atoms with van der Waals surface area (Å²) < 4.78 is 42.4. The van der Waals surface area contributed by atoms with Crippen LogP contribution in [0.4, 0.5) is 5.95 Å². The van der Waals surface area contributed by atoms with Crippen LogP contribution in [-0.4, -0.2) is 52.6 Å². The van der Waals surface area contributed by atoms with Gasteiger partial charge in [-0.3, -0.25) is 9.29 Å². The van der Waals surface area contributed by atoms with Gasteiger partial charge < -0.3 is 9.47 Å². The first-order valence-corrected chi connectivity index (χ1v) is 13.4. The maximum Gasteiger partial charge on any atom is 0.243 e. The van der Waals surface area contributed by atoms with Crippen molar-refractivity contribution >= 4 is 27.6 Å². The third-order valence-corrected chi connectivity index (χ3v) is 8.08. The third kappa shape index (κ3) is 5.67. The van der Waals surface area contributed by atoms with Gasteiger partial charge >= 0.3 is 0 Å². The van der Waals surface area contributed by atoms with Crippen molar-refractivity contribution in [2.45, 2.75) is 31.4 Å². The highest BCUT2D eigenvalue weighted by atomic mass is 35.5. The van der Waals surface area contributed by atoms with E-state index in [4.69, 9.17) is 21.1 Å². The fourth-order valence-electron chi connectivity index (χ4n) is 3.82. The molecule has 0 radical (unpaired) electrons. The molecule has 0 spiro atoms. The second-order valence-corrected chi connectivity index (χ2v) is 10.8. The van der Waals surface area contributed by atoms with Crippen LogP contribution >= 0.6 is 11.6 Å². The van der Waals surface area contributed by atoms with Crippen LogP contribution in [-0.2, 0) is 16.4 Å². The Bertz CT molecular complexity index is 1440. The predicted octanol–water partition coefficient (Wildman–Crippen LogP) is 4.25. The van der Waals surface area contributed by atoms with E-state index in [0.29, 0.717) is 40.3 Å². The first kappa shape index (κ1) is 26.4. The van der Waals surface area contributed by atoms with Gasteiger partial charge in [-0.15, -0.1) is 10.2 Å². The zero-order chi connectivity index (χ0) is 26.6. The maximum absolute atomic E-state index is 13.5. The number of hydrogen-bond donors (Lipinski definition) is 1. The van der Waals surface area contributed by atoms with Crippen molar-refractivity contribution in [3.05, 3.63) is 83.2 Å². The summed E-state index contributed by atoms with van der Waals surface area (Å²) in [5.74, 6) is 1.25. The van der Waals surface area contributed by atoms with Crippen LogP contribution in [0, 0.1) is 0 Å². The molecule has 0 fully saturated rings. The number of benzene rings is 2. The van der Waals surface area contributed by atoms with Gasteiger partial charge in [0.15, 0.2) is 0 Å². The highest BCUT2D eigenvalue weighted by Crippen LogP contribution is 2.36. The van der Waals surface area contributed by atoms with Crippen LogP contribution in [0.15, 0.2) is 60.9 Å². The van der Waals surface area contributed by atoms with Gasteiger partial charge in [-0.25, -0.2) is 18.4 Å². The summed E-state index contributed by atoms with van der Waals surface area (Å²) in [5.41, 5.74) is 1.45. The molecule has 2 aromatic heterocycles. The van der Waals surface area contributed by atoms with Crippen LogP contribution in [0.2, 0.25) is 5.02 Å². The first-order chi connectivity index (χ1) is 17.7. The van der Waals surface area contributed by atoms with Gasteiger partial charge in [0.25, 0.3) is 0 Å². The number of ether oxygens (including phenoxy) is 2. The van der Waals surface area contributed by atoms with Gasteiger partial charge in [-0.1, -0.05) is 54.9 Å². The van der Waals surface area contributed by atoms with Crippen molar-refractivity contribution in [2.75, 3.05) is 18.9 Å².